The Bertz CT molecular complexity index is 478. The molecule has 0 unspecified atom stereocenters. The molecule has 1 aromatic heterocycles. The fourth-order valence-corrected chi connectivity index (χ4v) is 2.01. The number of carbonyl (C=O) groups is 1. The molecule has 0 atom stereocenters. The van der Waals surface area contributed by atoms with Crippen LogP contribution in [0.5, 0.6) is 0 Å². The smallest absolute Gasteiger partial charge is 0.316 e. The summed E-state index contributed by atoms with van der Waals surface area (Å²) in [5.41, 5.74) is 0.0380. The lowest BCUT2D eigenvalue weighted by Crippen LogP contribution is -2.29. The van der Waals surface area contributed by atoms with Crippen LogP contribution in [-0.4, -0.2) is 23.3 Å². The molecule has 0 amide bonds. The molecule has 8 heteroatoms. The lowest BCUT2D eigenvalue weighted by Gasteiger charge is -2.05. The minimum atomic E-state index is -0.583. The molecular formula is C10H12N2O5S. The van der Waals surface area contributed by atoms with Crippen molar-refractivity contribution in [3.8, 4) is 0 Å². The van der Waals surface area contributed by atoms with Crippen molar-refractivity contribution in [2.24, 2.45) is 0 Å². The van der Waals surface area contributed by atoms with E-state index in [-0.39, 0.29) is 28.6 Å². The van der Waals surface area contributed by atoms with E-state index < -0.39 is 10.9 Å². The topological polar surface area (TPSA) is 96.4 Å². The van der Waals surface area contributed by atoms with E-state index in [1.54, 1.807) is 6.92 Å². The van der Waals surface area contributed by atoms with Crippen LogP contribution in [0.3, 0.4) is 0 Å². The Morgan fingerprint density at radius 1 is 1.61 bits per heavy atom. The van der Waals surface area contributed by atoms with Crippen molar-refractivity contribution >= 4 is 23.4 Å². The Balaban J connectivity index is 2.90. The van der Waals surface area contributed by atoms with E-state index in [1.807, 2.05) is 0 Å². The minimum absolute atomic E-state index is 0.0717. The number of thioether (sulfide) groups is 1. The molecule has 98 valence electrons. The van der Waals surface area contributed by atoms with Crippen molar-refractivity contribution in [3.05, 3.63) is 33.3 Å². The standard InChI is InChI=1S/C10H12N2O5S/c1-3-17-10(13)6-18-9-5-11(14)7(2)4-8(9)12(15)16/h4-5H,3,6H2,1-2H3. The number of aromatic nitrogens is 1. The predicted octanol–water partition coefficient (Wildman–Crippen LogP) is 1.19. The third kappa shape index (κ3) is 3.59. The number of ether oxygens (including phenoxy) is 1. The average Bonchev–Trinajstić information content (AvgIpc) is 2.30. The van der Waals surface area contributed by atoms with Crippen molar-refractivity contribution in [1.29, 1.82) is 0 Å². The van der Waals surface area contributed by atoms with Crippen LogP contribution in [-0.2, 0) is 9.53 Å². The highest BCUT2D eigenvalue weighted by Gasteiger charge is 2.21. The van der Waals surface area contributed by atoms with Gasteiger partial charge < -0.3 is 9.94 Å². The number of nitro groups is 1. The van der Waals surface area contributed by atoms with Crippen LogP contribution in [0.15, 0.2) is 17.2 Å². The Hall–Kier alpha value is -1.83. The average molecular weight is 272 g/mol. The SMILES string of the molecule is CCOC(=O)CSc1c[n+]([O-])c(C)cc1[N+](=O)[O-]. The number of pyridine rings is 1. The molecule has 0 saturated carbocycles. The van der Waals surface area contributed by atoms with Gasteiger partial charge in [-0.25, -0.2) is 0 Å². The Morgan fingerprint density at radius 2 is 2.28 bits per heavy atom. The fourth-order valence-electron chi connectivity index (χ4n) is 1.20. The minimum Gasteiger partial charge on any atom is -0.618 e. The van der Waals surface area contributed by atoms with Crippen molar-refractivity contribution < 1.29 is 19.2 Å². The van der Waals surface area contributed by atoms with Gasteiger partial charge in [-0.1, -0.05) is 0 Å². The van der Waals surface area contributed by atoms with Gasteiger partial charge in [0.15, 0.2) is 10.6 Å². The van der Waals surface area contributed by atoms with E-state index in [1.165, 1.54) is 13.0 Å². The van der Waals surface area contributed by atoms with Crippen molar-refractivity contribution in [2.45, 2.75) is 18.7 Å². The lowest BCUT2D eigenvalue weighted by molar-refractivity contribution is -0.615. The zero-order valence-corrected chi connectivity index (χ0v) is 10.7. The zero-order chi connectivity index (χ0) is 13.7. The van der Waals surface area contributed by atoms with Crippen LogP contribution in [0.1, 0.15) is 12.6 Å². The molecule has 1 aromatic rings. The van der Waals surface area contributed by atoms with Crippen LogP contribution in [0.2, 0.25) is 0 Å². The Morgan fingerprint density at radius 3 is 2.83 bits per heavy atom. The van der Waals surface area contributed by atoms with Crippen LogP contribution >= 0.6 is 11.8 Å². The molecule has 7 nitrogen and oxygen atoms in total. The van der Waals surface area contributed by atoms with E-state index in [4.69, 9.17) is 4.74 Å². The second kappa shape index (κ2) is 6.20. The van der Waals surface area contributed by atoms with Gasteiger partial charge in [-0.3, -0.25) is 14.9 Å². The molecule has 0 aliphatic heterocycles. The molecular weight excluding hydrogens is 260 g/mol. The predicted molar refractivity (Wildman–Crippen MR) is 64.2 cm³/mol. The highest BCUT2D eigenvalue weighted by atomic mass is 32.2. The molecule has 0 radical (unpaired) electrons. The number of aryl methyl sites for hydroxylation is 1. The first-order chi connectivity index (χ1) is 8.45. The van der Waals surface area contributed by atoms with E-state index >= 15 is 0 Å². The van der Waals surface area contributed by atoms with E-state index in [0.717, 1.165) is 18.0 Å². The summed E-state index contributed by atoms with van der Waals surface area (Å²) < 4.78 is 5.23. The van der Waals surface area contributed by atoms with Crippen LogP contribution in [0.25, 0.3) is 0 Å². The van der Waals surface area contributed by atoms with Gasteiger partial charge in [0.1, 0.15) is 0 Å². The number of carbonyl (C=O) groups excluding carboxylic acids is 1. The van der Waals surface area contributed by atoms with E-state index in [0.29, 0.717) is 4.73 Å². The number of nitrogens with zero attached hydrogens (tertiary/aromatic N) is 2. The molecule has 18 heavy (non-hydrogen) atoms. The summed E-state index contributed by atoms with van der Waals surface area (Å²) in [6.07, 6.45) is 1.09. The molecule has 0 aliphatic carbocycles. The molecule has 1 heterocycles. The number of hydrogen-bond acceptors (Lipinski definition) is 6. The quantitative estimate of drug-likeness (QED) is 0.199. The van der Waals surface area contributed by atoms with Crippen molar-refractivity contribution in [2.75, 3.05) is 12.4 Å². The highest BCUT2D eigenvalue weighted by molar-refractivity contribution is 8.00. The van der Waals surface area contributed by atoms with Crippen molar-refractivity contribution in [3.63, 3.8) is 0 Å². The molecule has 0 spiro atoms. The summed E-state index contributed by atoms with van der Waals surface area (Å²) in [5, 5.41) is 22.2. The summed E-state index contributed by atoms with van der Waals surface area (Å²) in [4.78, 5) is 21.5. The lowest BCUT2D eigenvalue weighted by atomic mass is 10.3. The van der Waals surface area contributed by atoms with Crippen molar-refractivity contribution in [1.82, 2.24) is 0 Å². The van der Waals surface area contributed by atoms with Gasteiger partial charge in [0.2, 0.25) is 6.20 Å². The highest BCUT2D eigenvalue weighted by Crippen LogP contribution is 2.28. The Kier molecular flexibility index (Phi) is 4.90. The number of esters is 1. The first-order valence-corrected chi connectivity index (χ1v) is 6.11. The first-order valence-electron chi connectivity index (χ1n) is 5.12. The third-order valence-corrected chi connectivity index (χ3v) is 3.03. The molecule has 0 aliphatic rings. The summed E-state index contributed by atoms with van der Waals surface area (Å²) in [6, 6.07) is 1.18. The van der Waals surface area contributed by atoms with Gasteiger partial charge in [0.05, 0.1) is 23.3 Å². The summed E-state index contributed by atoms with van der Waals surface area (Å²) in [5.74, 6) is -0.549. The van der Waals surface area contributed by atoms with Gasteiger partial charge in [-0.15, -0.1) is 11.8 Å². The summed E-state index contributed by atoms with van der Waals surface area (Å²) in [6.45, 7) is 3.39. The van der Waals surface area contributed by atoms with Crippen LogP contribution in [0, 0.1) is 22.2 Å². The molecule has 1 rings (SSSR count). The molecule has 0 N–H and O–H groups in total. The maximum absolute atomic E-state index is 11.3. The van der Waals surface area contributed by atoms with Crippen LogP contribution < -0.4 is 4.73 Å². The number of hydrogen-bond donors (Lipinski definition) is 0. The zero-order valence-electron chi connectivity index (χ0n) is 9.91. The normalized spacial score (nSPS) is 10.1. The maximum Gasteiger partial charge on any atom is 0.316 e. The summed E-state index contributed by atoms with van der Waals surface area (Å²) in [7, 11) is 0. The molecule has 0 aromatic carbocycles. The number of rotatable bonds is 5. The van der Waals surface area contributed by atoms with Gasteiger partial charge in [-0.05, 0) is 6.92 Å². The van der Waals surface area contributed by atoms with E-state index in [2.05, 4.69) is 0 Å². The largest absolute Gasteiger partial charge is 0.618 e. The second-order valence-electron chi connectivity index (χ2n) is 3.34. The van der Waals surface area contributed by atoms with E-state index in [9.17, 15) is 20.1 Å². The fraction of sp³-hybridized carbons (Fsp3) is 0.400. The molecule has 0 fully saturated rings. The van der Waals surface area contributed by atoms with Crippen LogP contribution in [0.4, 0.5) is 5.69 Å². The van der Waals surface area contributed by atoms with Gasteiger partial charge >= 0.3 is 5.97 Å². The van der Waals surface area contributed by atoms with Gasteiger partial charge in [0.25, 0.3) is 5.69 Å². The molecule has 0 saturated heterocycles. The second-order valence-corrected chi connectivity index (χ2v) is 4.36. The summed E-state index contributed by atoms with van der Waals surface area (Å²) >= 11 is 0.909. The third-order valence-electron chi connectivity index (χ3n) is 2.03. The van der Waals surface area contributed by atoms with Gasteiger partial charge in [-0.2, -0.15) is 4.73 Å². The van der Waals surface area contributed by atoms with Gasteiger partial charge in [0, 0.05) is 6.92 Å². The first kappa shape index (κ1) is 14.2. The molecule has 0 bridgehead atoms. The monoisotopic (exact) mass is 272 g/mol. The Labute approximate surface area is 107 Å². The maximum atomic E-state index is 11.3.